The van der Waals surface area contributed by atoms with Gasteiger partial charge < -0.3 is 31.2 Å². The third kappa shape index (κ3) is 8.31. The van der Waals surface area contributed by atoms with Crippen molar-refractivity contribution in [3.05, 3.63) is 84.2 Å². The van der Waals surface area contributed by atoms with E-state index in [1.54, 1.807) is 26.4 Å². The number of carbonyl (C=O) groups is 2. The molecule has 2 aromatic carbocycles. The Labute approximate surface area is 261 Å². The molecule has 4 aromatic rings. The first-order valence-electron chi connectivity index (χ1n) is 14.6. The van der Waals surface area contributed by atoms with Gasteiger partial charge in [0.15, 0.2) is 0 Å². The Kier molecular flexibility index (Phi) is 9.83. The van der Waals surface area contributed by atoms with Crippen LogP contribution < -0.4 is 31.2 Å². The van der Waals surface area contributed by atoms with Gasteiger partial charge in [0.05, 0.1) is 25.6 Å². The second-order valence-corrected chi connectivity index (χ2v) is 10.6. The predicted octanol–water partition coefficient (Wildman–Crippen LogP) is 4.09. The van der Waals surface area contributed by atoms with Crippen LogP contribution in [-0.4, -0.2) is 65.6 Å². The predicted molar refractivity (Wildman–Crippen MR) is 172 cm³/mol. The number of hydrogen-bond acceptors (Lipinski definition) is 10. The molecule has 1 aliphatic heterocycles. The molecule has 0 saturated heterocycles. The summed E-state index contributed by atoms with van der Waals surface area (Å²) in [6.07, 6.45) is 7.57. The summed E-state index contributed by atoms with van der Waals surface area (Å²) in [6, 6.07) is 18.2. The summed E-state index contributed by atoms with van der Waals surface area (Å²) in [5.74, 6) is 1.95. The molecule has 232 valence electrons. The summed E-state index contributed by atoms with van der Waals surface area (Å²) >= 11 is 0. The van der Waals surface area contributed by atoms with Crippen LogP contribution in [0.2, 0.25) is 0 Å². The molecule has 12 heteroatoms. The number of carbonyl (C=O) groups excluding carboxylic acids is 2. The largest absolute Gasteiger partial charge is 0.497 e. The minimum atomic E-state index is -0.569. The molecule has 2 aromatic heterocycles. The zero-order chi connectivity index (χ0) is 31.8. The molecule has 0 spiro atoms. The van der Waals surface area contributed by atoms with Gasteiger partial charge in [-0.05, 0) is 61.6 Å². The fourth-order valence-electron chi connectivity index (χ4n) is 4.60. The fourth-order valence-corrected chi connectivity index (χ4v) is 4.60. The van der Waals surface area contributed by atoms with Gasteiger partial charge in [0.25, 0.3) is 11.8 Å². The molecule has 0 bridgehead atoms. The topological polar surface area (TPSA) is 171 Å². The molecule has 0 atom stereocenters. The molecule has 6 rings (SSSR count). The maximum Gasteiger partial charge on any atom is 0.267 e. The molecule has 2 aliphatic rings. The van der Waals surface area contributed by atoms with Crippen molar-refractivity contribution < 1.29 is 19.1 Å². The molecule has 45 heavy (non-hydrogen) atoms. The van der Waals surface area contributed by atoms with E-state index in [-0.39, 0.29) is 11.4 Å². The average Bonchev–Trinajstić information content (AvgIpc) is 3.92. The van der Waals surface area contributed by atoms with E-state index in [9.17, 15) is 9.59 Å². The van der Waals surface area contributed by atoms with E-state index in [0.717, 1.165) is 48.7 Å². The van der Waals surface area contributed by atoms with Crippen molar-refractivity contribution in [1.29, 1.82) is 0 Å². The number of aromatic nitrogens is 4. The van der Waals surface area contributed by atoms with Gasteiger partial charge >= 0.3 is 0 Å². The van der Waals surface area contributed by atoms with Crippen LogP contribution in [0.1, 0.15) is 40.2 Å². The number of anilines is 2. The van der Waals surface area contributed by atoms with Gasteiger partial charge in [-0.15, -0.1) is 0 Å². The van der Waals surface area contributed by atoms with Gasteiger partial charge in [0, 0.05) is 30.8 Å². The number of methoxy groups -OCH3 is 2. The van der Waals surface area contributed by atoms with Crippen LogP contribution in [-0.2, 0) is 0 Å². The molecular formula is C33H36N8O4. The number of nitrogens with two attached hydrogens (primary N) is 2. The van der Waals surface area contributed by atoms with Crippen molar-refractivity contribution in [3.8, 4) is 34.0 Å². The molecule has 1 aliphatic carbocycles. The first-order valence-corrected chi connectivity index (χ1v) is 14.6. The van der Waals surface area contributed by atoms with E-state index in [0.29, 0.717) is 29.2 Å². The Morgan fingerprint density at radius 1 is 0.822 bits per heavy atom. The Hall–Kier alpha value is -5.52. The summed E-state index contributed by atoms with van der Waals surface area (Å²) in [5, 5.41) is 3.18. The second-order valence-electron chi connectivity index (χ2n) is 10.6. The summed E-state index contributed by atoms with van der Waals surface area (Å²) < 4.78 is 10.5. The summed E-state index contributed by atoms with van der Waals surface area (Å²) in [4.78, 5) is 42.7. The summed E-state index contributed by atoms with van der Waals surface area (Å²) in [5.41, 5.74) is 14.2. The summed E-state index contributed by atoms with van der Waals surface area (Å²) in [6.45, 7) is 2.36. The first kappa shape index (κ1) is 30.9. The third-order valence-corrected chi connectivity index (χ3v) is 7.26. The molecule has 2 amide bonds. The molecule has 5 N–H and O–H groups in total. The number of amides is 2. The van der Waals surface area contributed by atoms with E-state index in [1.807, 2.05) is 53.4 Å². The highest BCUT2D eigenvalue weighted by Crippen LogP contribution is 2.29. The summed E-state index contributed by atoms with van der Waals surface area (Å²) in [7, 11) is 3.22. The lowest BCUT2D eigenvalue weighted by atomic mass is 10.1. The minimum absolute atomic E-state index is 0.200. The van der Waals surface area contributed by atoms with Crippen molar-refractivity contribution in [2.24, 2.45) is 17.4 Å². The maximum atomic E-state index is 11.6. The number of ether oxygens (including phenoxy) is 2. The van der Waals surface area contributed by atoms with Crippen molar-refractivity contribution in [2.75, 3.05) is 44.1 Å². The van der Waals surface area contributed by atoms with Gasteiger partial charge in [0.2, 0.25) is 11.9 Å². The third-order valence-electron chi connectivity index (χ3n) is 7.26. The molecule has 1 saturated carbocycles. The van der Waals surface area contributed by atoms with Crippen molar-refractivity contribution in [3.63, 3.8) is 0 Å². The Morgan fingerprint density at radius 3 is 1.96 bits per heavy atom. The maximum absolute atomic E-state index is 11.6. The lowest BCUT2D eigenvalue weighted by molar-refractivity contribution is 0.0987. The Balaban J connectivity index is 0.000000178. The zero-order valence-electron chi connectivity index (χ0n) is 25.3. The molecule has 12 nitrogen and oxygen atoms in total. The van der Waals surface area contributed by atoms with Crippen LogP contribution in [0.15, 0.2) is 72.8 Å². The van der Waals surface area contributed by atoms with Gasteiger partial charge in [-0.3, -0.25) is 9.59 Å². The molecule has 1 fully saturated rings. The van der Waals surface area contributed by atoms with E-state index < -0.39 is 11.8 Å². The standard InChI is InChI=1S/C17H18N4O2.C16H18N4O2/c1-23-13-7-5-6-12(10-13)14-11-15(16(18)22)20-17(19-14)21-8-3-2-4-9-21;1-22-12-4-2-3-11(7-12)13-8-14(15(17)21)20-16(19-13)18-9-10-5-6-10/h2-3,5-7,10-11H,4,8-9H2,1H3,(H2,18,22);2-4,7-8,10H,5-6,9H2,1H3,(H2,17,21)(H,18,19,20). The number of rotatable bonds is 10. The van der Waals surface area contributed by atoms with Crippen LogP contribution in [0, 0.1) is 5.92 Å². The number of benzene rings is 2. The minimum Gasteiger partial charge on any atom is -0.497 e. The van der Waals surface area contributed by atoms with E-state index in [2.05, 4.69) is 37.4 Å². The number of primary amides is 2. The Bertz CT molecular complexity index is 1710. The van der Waals surface area contributed by atoms with Crippen LogP contribution in [0.25, 0.3) is 22.5 Å². The van der Waals surface area contributed by atoms with Crippen LogP contribution in [0.3, 0.4) is 0 Å². The van der Waals surface area contributed by atoms with Gasteiger partial charge in [-0.2, -0.15) is 0 Å². The van der Waals surface area contributed by atoms with Crippen molar-refractivity contribution in [2.45, 2.75) is 19.3 Å². The fraction of sp³-hybridized carbons (Fsp3) is 0.273. The average molecular weight is 609 g/mol. The van der Waals surface area contributed by atoms with Crippen LogP contribution >= 0.6 is 0 Å². The second kappa shape index (κ2) is 14.3. The normalized spacial score (nSPS) is 13.8. The number of nitrogens with one attached hydrogen (secondary N) is 1. The van der Waals surface area contributed by atoms with Gasteiger partial charge in [0.1, 0.15) is 22.9 Å². The van der Waals surface area contributed by atoms with E-state index >= 15 is 0 Å². The van der Waals surface area contributed by atoms with Crippen LogP contribution in [0.5, 0.6) is 11.5 Å². The van der Waals surface area contributed by atoms with E-state index in [1.165, 1.54) is 12.8 Å². The Morgan fingerprint density at radius 2 is 1.42 bits per heavy atom. The number of nitrogens with zero attached hydrogens (tertiary/aromatic N) is 5. The molecule has 0 radical (unpaired) electrons. The zero-order valence-corrected chi connectivity index (χ0v) is 25.3. The highest BCUT2D eigenvalue weighted by molar-refractivity contribution is 5.92. The smallest absolute Gasteiger partial charge is 0.267 e. The molecule has 0 unspecified atom stereocenters. The monoisotopic (exact) mass is 608 g/mol. The van der Waals surface area contributed by atoms with Crippen LogP contribution in [0.4, 0.5) is 11.9 Å². The van der Waals surface area contributed by atoms with Crippen molar-refractivity contribution >= 4 is 23.7 Å². The molecular weight excluding hydrogens is 572 g/mol. The highest BCUT2D eigenvalue weighted by atomic mass is 16.5. The lowest BCUT2D eigenvalue weighted by Gasteiger charge is -2.24. The number of hydrogen-bond donors (Lipinski definition) is 3. The highest BCUT2D eigenvalue weighted by Gasteiger charge is 2.21. The lowest BCUT2D eigenvalue weighted by Crippen LogP contribution is -2.29. The van der Waals surface area contributed by atoms with Gasteiger partial charge in [-0.1, -0.05) is 36.4 Å². The van der Waals surface area contributed by atoms with E-state index in [4.69, 9.17) is 20.9 Å². The van der Waals surface area contributed by atoms with Crippen molar-refractivity contribution in [1.82, 2.24) is 19.9 Å². The SMILES string of the molecule is COc1cccc(-c2cc(C(N)=O)nc(N3CC=CCC3)n2)c1.COc1cccc(-c2cc(C(N)=O)nc(NCC3CC3)n2)c1. The van der Waals surface area contributed by atoms with Gasteiger partial charge in [-0.25, -0.2) is 19.9 Å². The quantitative estimate of drug-likeness (QED) is 0.223. The first-order chi connectivity index (χ1) is 21.8. The molecule has 3 heterocycles.